The van der Waals surface area contributed by atoms with E-state index in [1.165, 1.54) is 6.07 Å². The second kappa shape index (κ2) is 19.2. The fourth-order valence-corrected chi connectivity index (χ4v) is 10.2. The number of fused-ring (bicyclic) bond motifs is 1. The third kappa shape index (κ3) is 9.60. The highest BCUT2D eigenvalue weighted by molar-refractivity contribution is 6.01. The first-order chi connectivity index (χ1) is 32.4. The van der Waals surface area contributed by atoms with Crippen molar-refractivity contribution in [1.82, 2.24) is 49.8 Å². The largest absolute Gasteiger partial charge is 0.374 e. The number of carbonyl (C=O) groups is 4. The number of nitriles is 1. The van der Waals surface area contributed by atoms with Crippen molar-refractivity contribution in [3.63, 3.8) is 0 Å². The van der Waals surface area contributed by atoms with Gasteiger partial charge in [0.15, 0.2) is 0 Å². The fourth-order valence-electron chi connectivity index (χ4n) is 10.2. The van der Waals surface area contributed by atoms with Gasteiger partial charge >= 0.3 is 0 Å². The summed E-state index contributed by atoms with van der Waals surface area (Å²) >= 11 is 0. The lowest BCUT2D eigenvalue weighted by atomic mass is 9.75. The Morgan fingerprint density at radius 2 is 1.66 bits per heavy atom. The summed E-state index contributed by atoms with van der Waals surface area (Å²) in [6, 6.07) is 8.94. The number of hydrogen-bond acceptors (Lipinski definition) is 12. The van der Waals surface area contributed by atoms with Gasteiger partial charge in [-0.2, -0.15) is 15.5 Å². The molecule has 0 aliphatic carbocycles. The van der Waals surface area contributed by atoms with Gasteiger partial charge < -0.3 is 20.4 Å². The molecule has 5 aromatic rings. The lowest BCUT2D eigenvalue weighted by molar-refractivity contribution is -0.135. The second-order valence-corrected chi connectivity index (χ2v) is 18.9. The van der Waals surface area contributed by atoms with Gasteiger partial charge in [-0.25, -0.2) is 18.9 Å². The van der Waals surface area contributed by atoms with E-state index in [9.17, 15) is 24.4 Å². The van der Waals surface area contributed by atoms with Crippen LogP contribution in [0.5, 0.6) is 0 Å². The average molecular weight is 912 g/mol. The Bertz CT molecular complexity index is 2680. The van der Waals surface area contributed by atoms with Crippen LogP contribution in [0.25, 0.3) is 27.8 Å². The zero-order valence-electron chi connectivity index (χ0n) is 38.4. The molecule has 4 aromatic heterocycles. The minimum absolute atomic E-state index is 0.0365. The van der Waals surface area contributed by atoms with E-state index in [4.69, 9.17) is 15.1 Å². The third-order valence-electron chi connectivity index (χ3n) is 14.4. The number of piperidine rings is 4. The predicted octanol–water partition coefficient (Wildman–Crippen LogP) is 5.45. The lowest BCUT2D eigenvalue weighted by Crippen LogP contribution is -2.50. The molecule has 8 heterocycles. The van der Waals surface area contributed by atoms with Crippen LogP contribution in [0.2, 0.25) is 0 Å². The van der Waals surface area contributed by atoms with Gasteiger partial charge in [0.1, 0.15) is 17.9 Å². The number of anilines is 2. The monoisotopic (exact) mass is 911 g/mol. The van der Waals surface area contributed by atoms with Gasteiger partial charge in [0.25, 0.3) is 0 Å². The number of carbonyl (C=O) groups excluding carboxylic acids is 4. The van der Waals surface area contributed by atoms with Crippen LogP contribution in [-0.4, -0.2) is 121 Å². The molecule has 17 nitrogen and oxygen atoms in total. The van der Waals surface area contributed by atoms with E-state index < -0.39 is 17.4 Å². The van der Waals surface area contributed by atoms with E-state index in [0.29, 0.717) is 80.5 Å². The fraction of sp³-hybridized carbons (Fsp3) is 0.490. The molecule has 4 fully saturated rings. The number of rotatable bonds is 12. The number of nitrogens with one attached hydrogen (secondary N) is 3. The molecule has 4 saturated heterocycles. The summed E-state index contributed by atoms with van der Waals surface area (Å²) in [4.78, 5) is 66.0. The first kappa shape index (κ1) is 45.4. The van der Waals surface area contributed by atoms with Crippen molar-refractivity contribution >= 4 is 40.8 Å². The minimum Gasteiger partial charge on any atom is -0.374 e. The second-order valence-electron chi connectivity index (χ2n) is 18.9. The molecule has 67 heavy (non-hydrogen) atoms. The first-order valence-corrected chi connectivity index (χ1v) is 23.6. The maximum atomic E-state index is 15.3. The van der Waals surface area contributed by atoms with Crippen molar-refractivity contribution in [2.75, 3.05) is 56.0 Å². The molecule has 1 aromatic carbocycles. The number of imide groups is 1. The van der Waals surface area contributed by atoms with Gasteiger partial charge in [0.05, 0.1) is 41.5 Å². The van der Waals surface area contributed by atoms with Gasteiger partial charge in [-0.1, -0.05) is 13.0 Å². The Morgan fingerprint density at radius 3 is 2.33 bits per heavy atom. The predicted molar refractivity (Wildman–Crippen MR) is 249 cm³/mol. The van der Waals surface area contributed by atoms with Crippen molar-refractivity contribution in [3.8, 4) is 28.3 Å². The van der Waals surface area contributed by atoms with Crippen LogP contribution >= 0.6 is 0 Å². The molecule has 0 radical (unpaired) electrons. The molecular formula is C49H58FN13O4. The highest BCUT2D eigenvalue weighted by atomic mass is 19.1. The molecule has 18 heteroatoms. The normalized spacial score (nSPS) is 19.7. The van der Waals surface area contributed by atoms with Crippen molar-refractivity contribution in [1.29, 1.82) is 5.26 Å². The van der Waals surface area contributed by atoms with Crippen LogP contribution in [0.1, 0.15) is 102 Å². The topological polar surface area (TPSA) is 199 Å². The maximum absolute atomic E-state index is 15.3. The highest BCUT2D eigenvalue weighted by Gasteiger charge is 2.40. The maximum Gasteiger partial charge on any atom is 0.249 e. The number of halogens is 1. The number of likely N-dealkylation sites (tertiary alicyclic amines) is 2. The quantitative estimate of drug-likeness (QED) is 0.134. The Hall–Kier alpha value is -6.74. The summed E-state index contributed by atoms with van der Waals surface area (Å²) in [6.07, 6.45) is 16.8. The summed E-state index contributed by atoms with van der Waals surface area (Å²) < 4.78 is 19.0. The molecule has 4 amide bonds. The van der Waals surface area contributed by atoms with E-state index in [2.05, 4.69) is 43.8 Å². The Kier molecular flexibility index (Phi) is 13.0. The molecule has 350 valence electrons. The molecule has 0 bridgehead atoms. The smallest absolute Gasteiger partial charge is 0.249 e. The number of aromatic nitrogens is 6. The zero-order valence-corrected chi connectivity index (χ0v) is 38.4. The lowest BCUT2D eigenvalue weighted by Gasteiger charge is -2.40. The average Bonchev–Trinajstić information content (AvgIpc) is 4.01. The van der Waals surface area contributed by atoms with Gasteiger partial charge in [0.2, 0.25) is 29.6 Å². The standard InChI is InChI=1S/C49H58FN13O4/c1-4-49(47(67)56-31(2)3)13-19-61(20-14-49)48-52-24-35(25-53-48)40-21-33(28-63-45(40)34(23-51)26-55-63)36-27-54-62(29-36)38-11-17-60(18-12-38)44(65)30-59-15-9-32(10-16-59)39-6-5-37(22-41(39)50)57-42-7-8-43(64)58-46(42)66/h5-6,21-22,24-29,31-32,38,42,57H,4,7-20,30H2,1-3H3,(H,56,67)(H,58,64,66). The van der Waals surface area contributed by atoms with Crippen molar-refractivity contribution in [2.45, 2.75) is 103 Å². The van der Waals surface area contributed by atoms with E-state index in [-0.39, 0.29) is 48.0 Å². The van der Waals surface area contributed by atoms with Crippen LogP contribution in [0, 0.1) is 22.6 Å². The number of hydrogen-bond donors (Lipinski definition) is 3. The van der Waals surface area contributed by atoms with Gasteiger partial charge in [-0.15, -0.1) is 0 Å². The van der Waals surface area contributed by atoms with Crippen LogP contribution in [0.15, 0.2) is 61.4 Å². The van der Waals surface area contributed by atoms with Crippen LogP contribution < -0.4 is 20.9 Å². The summed E-state index contributed by atoms with van der Waals surface area (Å²) in [6.45, 7) is 10.4. The molecule has 3 N–H and O–H groups in total. The van der Waals surface area contributed by atoms with Gasteiger partial charge in [-0.05, 0) is 108 Å². The van der Waals surface area contributed by atoms with Crippen LogP contribution in [0.3, 0.4) is 0 Å². The summed E-state index contributed by atoms with van der Waals surface area (Å²) in [5.41, 5.74) is 5.16. The van der Waals surface area contributed by atoms with Crippen molar-refractivity contribution in [2.24, 2.45) is 5.41 Å². The number of benzene rings is 1. The van der Waals surface area contributed by atoms with Gasteiger partial charge in [0, 0.05) is 91.4 Å². The van der Waals surface area contributed by atoms with Crippen molar-refractivity contribution in [3.05, 3.63) is 78.4 Å². The van der Waals surface area contributed by atoms with Gasteiger partial charge in [-0.3, -0.25) is 34.1 Å². The Morgan fingerprint density at radius 1 is 0.910 bits per heavy atom. The molecule has 9 rings (SSSR count). The zero-order chi connectivity index (χ0) is 46.8. The van der Waals surface area contributed by atoms with E-state index in [1.54, 1.807) is 35.2 Å². The molecule has 0 spiro atoms. The molecular weight excluding hydrogens is 854 g/mol. The Labute approximate surface area is 389 Å². The van der Waals surface area contributed by atoms with Crippen LogP contribution in [-0.2, 0) is 19.2 Å². The third-order valence-corrected chi connectivity index (χ3v) is 14.4. The number of pyridine rings is 1. The summed E-state index contributed by atoms with van der Waals surface area (Å²) in [5, 5.41) is 27.8. The highest BCUT2D eigenvalue weighted by Crippen LogP contribution is 2.38. The van der Waals surface area contributed by atoms with Crippen molar-refractivity contribution < 1.29 is 23.6 Å². The molecule has 1 atom stereocenters. The molecule has 4 aliphatic heterocycles. The van der Waals surface area contributed by atoms with E-state index >= 15 is 4.39 Å². The molecule has 1 unspecified atom stereocenters. The van der Waals surface area contributed by atoms with E-state index in [0.717, 1.165) is 67.2 Å². The SMILES string of the molecule is CCC1(C(=O)NC(C)C)CCN(c2ncc(-c3cc(-c4cnn(C5CCN(C(=O)CN6CCC(c7ccc(NC8CCC(=O)NC8=O)cc7F)CC6)CC5)c4)cn4ncc(C#N)c34)cn2)CC1. The molecule has 0 saturated carbocycles. The first-order valence-electron chi connectivity index (χ1n) is 23.6. The minimum atomic E-state index is -0.576. The van der Waals surface area contributed by atoms with Crippen LogP contribution in [0.4, 0.5) is 16.0 Å². The summed E-state index contributed by atoms with van der Waals surface area (Å²) in [7, 11) is 0. The number of amides is 4. The number of nitrogens with zero attached hydrogens (tertiary/aromatic N) is 10. The summed E-state index contributed by atoms with van der Waals surface area (Å²) in [5.74, 6) is -0.151. The molecule has 4 aliphatic rings. The Balaban J connectivity index is 0.788. The van der Waals surface area contributed by atoms with E-state index in [1.807, 2.05) is 48.1 Å².